The Morgan fingerprint density at radius 1 is 1.40 bits per heavy atom. The highest BCUT2D eigenvalue weighted by atomic mass is 16.6. The zero-order valence-corrected chi connectivity index (χ0v) is 11.9. The van der Waals surface area contributed by atoms with E-state index < -0.39 is 10.3 Å². The van der Waals surface area contributed by atoms with Crippen molar-refractivity contribution in [3.8, 4) is 0 Å². The van der Waals surface area contributed by atoms with Gasteiger partial charge in [0.15, 0.2) is 0 Å². The Hall–Kier alpha value is -1.91. The van der Waals surface area contributed by atoms with Crippen LogP contribution < -0.4 is 5.32 Å². The molecule has 108 valence electrons. The van der Waals surface area contributed by atoms with Gasteiger partial charge in [0.05, 0.1) is 10.3 Å². The molecule has 1 saturated carbocycles. The lowest BCUT2D eigenvalue weighted by atomic mass is 9.94. The molecule has 0 unspecified atom stereocenters. The van der Waals surface area contributed by atoms with Gasteiger partial charge in [-0.3, -0.25) is 14.9 Å². The summed E-state index contributed by atoms with van der Waals surface area (Å²) in [6.45, 7) is 4.10. The van der Waals surface area contributed by atoms with Crippen molar-refractivity contribution in [2.24, 2.45) is 0 Å². The largest absolute Gasteiger partial charge is 0.353 e. The Balaban J connectivity index is 2.10. The fourth-order valence-electron chi connectivity index (χ4n) is 2.54. The maximum atomic E-state index is 12.4. The summed E-state index contributed by atoms with van der Waals surface area (Å²) >= 11 is 0. The molecule has 1 aliphatic carbocycles. The van der Waals surface area contributed by atoms with Crippen LogP contribution in [0.15, 0.2) is 24.3 Å². The summed E-state index contributed by atoms with van der Waals surface area (Å²) < 4.78 is 0. The molecule has 0 radical (unpaired) electrons. The molecule has 0 bridgehead atoms. The number of benzene rings is 1. The fourth-order valence-corrected chi connectivity index (χ4v) is 2.54. The molecule has 0 saturated heterocycles. The average Bonchev–Trinajstić information content (AvgIpc) is 3.20. The third kappa shape index (κ3) is 2.81. The smallest absolute Gasteiger partial charge is 0.269 e. The SMILES string of the molecule is CCC[C@@H](C)NC(=O)C1(c2ccc([N+](=O)[O-])cc2)CC1. The predicted molar refractivity (Wildman–Crippen MR) is 76.5 cm³/mol. The Morgan fingerprint density at radius 2 is 2.00 bits per heavy atom. The van der Waals surface area contributed by atoms with Gasteiger partial charge in [-0.1, -0.05) is 25.5 Å². The Bertz CT molecular complexity index is 506. The van der Waals surface area contributed by atoms with Crippen molar-refractivity contribution in [1.82, 2.24) is 5.32 Å². The minimum absolute atomic E-state index is 0.0484. The summed E-state index contributed by atoms with van der Waals surface area (Å²) in [7, 11) is 0. The summed E-state index contributed by atoms with van der Waals surface area (Å²) in [5.41, 5.74) is 0.477. The number of carbonyl (C=O) groups excluding carboxylic acids is 1. The molecule has 5 heteroatoms. The van der Waals surface area contributed by atoms with Gasteiger partial charge < -0.3 is 5.32 Å². The molecule has 1 aromatic rings. The molecule has 1 aromatic carbocycles. The Kier molecular flexibility index (Phi) is 4.06. The second kappa shape index (κ2) is 5.61. The van der Waals surface area contributed by atoms with Gasteiger partial charge in [-0.05, 0) is 31.7 Å². The van der Waals surface area contributed by atoms with E-state index in [1.54, 1.807) is 12.1 Å². The normalized spacial score (nSPS) is 17.3. The van der Waals surface area contributed by atoms with E-state index in [9.17, 15) is 14.9 Å². The van der Waals surface area contributed by atoms with E-state index in [1.165, 1.54) is 12.1 Å². The highest BCUT2D eigenvalue weighted by Crippen LogP contribution is 2.48. The number of hydrogen-bond acceptors (Lipinski definition) is 3. The van der Waals surface area contributed by atoms with Crippen LogP contribution in [0.3, 0.4) is 0 Å². The van der Waals surface area contributed by atoms with Gasteiger partial charge in [0.1, 0.15) is 0 Å². The number of non-ortho nitro benzene ring substituents is 1. The van der Waals surface area contributed by atoms with Crippen molar-refractivity contribution >= 4 is 11.6 Å². The van der Waals surface area contributed by atoms with E-state index in [2.05, 4.69) is 12.2 Å². The van der Waals surface area contributed by atoms with Crippen LogP contribution in [-0.4, -0.2) is 16.9 Å². The van der Waals surface area contributed by atoms with Crippen molar-refractivity contribution in [2.75, 3.05) is 0 Å². The Labute approximate surface area is 118 Å². The number of amides is 1. The molecule has 0 spiro atoms. The second-order valence-corrected chi connectivity index (χ2v) is 5.55. The third-order valence-corrected chi connectivity index (χ3v) is 3.91. The first-order valence-corrected chi connectivity index (χ1v) is 7.05. The number of hydrogen-bond donors (Lipinski definition) is 1. The number of nitrogens with zero attached hydrogens (tertiary/aromatic N) is 1. The molecular formula is C15H20N2O3. The minimum atomic E-state index is -0.461. The van der Waals surface area contributed by atoms with Crippen LogP contribution in [0.25, 0.3) is 0 Å². The van der Waals surface area contributed by atoms with Crippen molar-refractivity contribution in [2.45, 2.75) is 51.0 Å². The van der Waals surface area contributed by atoms with Crippen LogP contribution >= 0.6 is 0 Å². The van der Waals surface area contributed by atoms with Crippen LogP contribution in [0.1, 0.15) is 45.1 Å². The van der Waals surface area contributed by atoms with Crippen molar-refractivity contribution in [3.05, 3.63) is 39.9 Å². The molecule has 5 nitrogen and oxygen atoms in total. The van der Waals surface area contributed by atoms with Gasteiger partial charge in [0.2, 0.25) is 5.91 Å². The average molecular weight is 276 g/mol. The van der Waals surface area contributed by atoms with Crippen molar-refractivity contribution in [3.63, 3.8) is 0 Å². The molecule has 1 atom stereocenters. The van der Waals surface area contributed by atoms with E-state index in [0.717, 1.165) is 31.2 Å². The van der Waals surface area contributed by atoms with E-state index in [-0.39, 0.29) is 17.6 Å². The van der Waals surface area contributed by atoms with Crippen molar-refractivity contribution < 1.29 is 9.72 Å². The maximum absolute atomic E-state index is 12.4. The van der Waals surface area contributed by atoms with Crippen LogP contribution in [-0.2, 0) is 10.2 Å². The molecule has 0 aliphatic heterocycles. The van der Waals surface area contributed by atoms with Gasteiger partial charge in [-0.15, -0.1) is 0 Å². The number of nitrogens with one attached hydrogen (secondary N) is 1. The lowest BCUT2D eigenvalue weighted by Gasteiger charge is -2.19. The molecule has 1 N–H and O–H groups in total. The molecule has 2 rings (SSSR count). The molecule has 20 heavy (non-hydrogen) atoms. The quantitative estimate of drug-likeness (QED) is 0.641. The first kappa shape index (κ1) is 14.5. The van der Waals surface area contributed by atoms with Gasteiger partial charge in [-0.2, -0.15) is 0 Å². The van der Waals surface area contributed by atoms with Gasteiger partial charge >= 0.3 is 0 Å². The molecule has 0 aromatic heterocycles. The first-order valence-electron chi connectivity index (χ1n) is 7.05. The monoisotopic (exact) mass is 276 g/mol. The molecule has 1 amide bonds. The maximum Gasteiger partial charge on any atom is 0.269 e. The first-order chi connectivity index (χ1) is 9.49. The van der Waals surface area contributed by atoms with E-state index in [0.29, 0.717) is 0 Å². The summed E-state index contributed by atoms with van der Waals surface area (Å²) in [4.78, 5) is 22.6. The minimum Gasteiger partial charge on any atom is -0.353 e. The van der Waals surface area contributed by atoms with Gasteiger partial charge in [0.25, 0.3) is 5.69 Å². The van der Waals surface area contributed by atoms with Gasteiger partial charge in [0, 0.05) is 18.2 Å². The van der Waals surface area contributed by atoms with Crippen LogP contribution in [0, 0.1) is 10.1 Å². The summed E-state index contributed by atoms with van der Waals surface area (Å²) in [5.74, 6) is 0.0484. The molecular weight excluding hydrogens is 256 g/mol. The molecule has 0 heterocycles. The summed E-state index contributed by atoms with van der Waals surface area (Å²) in [5, 5.41) is 13.7. The Morgan fingerprint density at radius 3 is 2.45 bits per heavy atom. The third-order valence-electron chi connectivity index (χ3n) is 3.91. The lowest BCUT2D eigenvalue weighted by molar-refractivity contribution is -0.384. The zero-order chi connectivity index (χ0) is 14.8. The van der Waals surface area contributed by atoms with Gasteiger partial charge in [-0.25, -0.2) is 0 Å². The zero-order valence-electron chi connectivity index (χ0n) is 11.9. The summed E-state index contributed by atoms with van der Waals surface area (Å²) in [6.07, 6.45) is 3.62. The summed E-state index contributed by atoms with van der Waals surface area (Å²) in [6, 6.07) is 6.52. The number of nitro benzene ring substituents is 1. The van der Waals surface area contributed by atoms with E-state index in [4.69, 9.17) is 0 Å². The number of carbonyl (C=O) groups is 1. The highest BCUT2D eigenvalue weighted by Gasteiger charge is 2.51. The van der Waals surface area contributed by atoms with Crippen LogP contribution in [0.2, 0.25) is 0 Å². The highest BCUT2D eigenvalue weighted by molar-refractivity contribution is 5.91. The topological polar surface area (TPSA) is 72.2 Å². The van der Waals surface area contributed by atoms with E-state index >= 15 is 0 Å². The second-order valence-electron chi connectivity index (χ2n) is 5.55. The standard InChI is InChI=1S/C15H20N2O3/c1-3-4-11(2)16-14(18)15(9-10-15)12-5-7-13(8-6-12)17(19)20/h5-8,11H,3-4,9-10H2,1-2H3,(H,16,18)/t11-/m1/s1. The fraction of sp³-hybridized carbons (Fsp3) is 0.533. The predicted octanol–water partition coefficient (Wildman–Crippen LogP) is 2.93. The number of nitro groups is 1. The lowest BCUT2D eigenvalue weighted by Crippen LogP contribution is -2.40. The molecule has 1 fully saturated rings. The van der Waals surface area contributed by atoms with Crippen molar-refractivity contribution in [1.29, 1.82) is 0 Å². The van der Waals surface area contributed by atoms with Crippen LogP contribution in [0.4, 0.5) is 5.69 Å². The van der Waals surface area contributed by atoms with E-state index in [1.807, 2.05) is 6.92 Å². The number of rotatable bonds is 6. The molecule has 1 aliphatic rings. The van der Waals surface area contributed by atoms with Crippen LogP contribution in [0.5, 0.6) is 0 Å².